The van der Waals surface area contributed by atoms with Crippen molar-refractivity contribution in [1.29, 1.82) is 0 Å². The summed E-state index contributed by atoms with van der Waals surface area (Å²) >= 11 is 0. The molecule has 0 spiro atoms. The molecule has 1 rings (SSSR count). The zero-order valence-electron chi connectivity index (χ0n) is 7.03. The molecule has 1 aliphatic rings. The summed E-state index contributed by atoms with van der Waals surface area (Å²) in [6.07, 6.45) is 8.42. The van der Waals surface area contributed by atoms with Gasteiger partial charge in [0.1, 0.15) is 0 Å². The quantitative estimate of drug-likeness (QED) is 0.592. The molecule has 1 saturated heterocycles. The molecule has 0 aliphatic carbocycles. The van der Waals surface area contributed by atoms with Crippen LogP contribution in [0.5, 0.6) is 0 Å². The Morgan fingerprint density at radius 3 is 2.90 bits per heavy atom. The van der Waals surface area contributed by atoms with E-state index in [-0.39, 0.29) is 0 Å². The highest BCUT2D eigenvalue weighted by Crippen LogP contribution is 2.12. The third-order valence-corrected chi connectivity index (χ3v) is 2.32. The highest BCUT2D eigenvalue weighted by atomic mass is 14.9. The lowest BCUT2D eigenvalue weighted by molar-refractivity contribution is 0.520. The van der Waals surface area contributed by atoms with Gasteiger partial charge in [-0.1, -0.05) is 26.2 Å². The van der Waals surface area contributed by atoms with Gasteiger partial charge in [0.05, 0.1) is 0 Å². The van der Waals surface area contributed by atoms with Crippen molar-refractivity contribution < 1.29 is 0 Å². The Hall–Kier alpha value is -0.0400. The topological polar surface area (TPSA) is 12.0 Å². The molecule has 0 radical (unpaired) electrons. The smallest absolute Gasteiger partial charge is 0.00675 e. The summed E-state index contributed by atoms with van der Waals surface area (Å²) in [6, 6.07) is 0.867. The second-order valence-electron chi connectivity index (χ2n) is 3.29. The first-order chi connectivity index (χ1) is 4.93. The van der Waals surface area contributed by atoms with Crippen molar-refractivity contribution in [3.8, 4) is 0 Å². The van der Waals surface area contributed by atoms with Gasteiger partial charge in [-0.05, 0) is 25.8 Å². The van der Waals surface area contributed by atoms with Crippen LogP contribution in [0.1, 0.15) is 45.4 Å². The summed E-state index contributed by atoms with van der Waals surface area (Å²) < 4.78 is 0. The van der Waals surface area contributed by atoms with E-state index >= 15 is 0 Å². The van der Waals surface area contributed by atoms with Crippen LogP contribution in [0.25, 0.3) is 0 Å². The average Bonchev–Trinajstić information content (AvgIpc) is 2.41. The van der Waals surface area contributed by atoms with E-state index in [1.54, 1.807) is 0 Å². The van der Waals surface area contributed by atoms with Crippen molar-refractivity contribution in [2.45, 2.75) is 51.5 Å². The summed E-state index contributed by atoms with van der Waals surface area (Å²) in [6.45, 7) is 3.53. The molecular weight excluding hydrogens is 122 g/mol. The Labute approximate surface area is 64.2 Å². The molecule has 0 saturated carbocycles. The fraction of sp³-hybridized carbons (Fsp3) is 1.00. The van der Waals surface area contributed by atoms with E-state index < -0.39 is 0 Å². The monoisotopic (exact) mass is 141 g/mol. The molecule has 0 aromatic rings. The van der Waals surface area contributed by atoms with Gasteiger partial charge in [-0.2, -0.15) is 0 Å². The van der Waals surface area contributed by atoms with Gasteiger partial charge in [0.15, 0.2) is 0 Å². The van der Waals surface area contributed by atoms with Gasteiger partial charge in [-0.15, -0.1) is 0 Å². The molecule has 1 heterocycles. The molecule has 1 N–H and O–H groups in total. The van der Waals surface area contributed by atoms with Crippen molar-refractivity contribution in [3.05, 3.63) is 0 Å². The molecule has 1 aliphatic heterocycles. The SMILES string of the molecule is CCCCC[C@@H]1CCCN1. The molecule has 1 heteroatoms. The van der Waals surface area contributed by atoms with Gasteiger partial charge in [-0.25, -0.2) is 0 Å². The van der Waals surface area contributed by atoms with Crippen LogP contribution in [0.3, 0.4) is 0 Å². The maximum atomic E-state index is 3.52. The van der Waals surface area contributed by atoms with Crippen LogP contribution in [-0.2, 0) is 0 Å². The first kappa shape index (κ1) is 8.06. The van der Waals surface area contributed by atoms with Crippen LogP contribution < -0.4 is 5.32 Å². The zero-order chi connectivity index (χ0) is 7.23. The van der Waals surface area contributed by atoms with Gasteiger partial charge in [0, 0.05) is 6.04 Å². The van der Waals surface area contributed by atoms with Gasteiger partial charge >= 0.3 is 0 Å². The molecule has 1 nitrogen and oxygen atoms in total. The lowest BCUT2D eigenvalue weighted by Crippen LogP contribution is -2.20. The molecule has 10 heavy (non-hydrogen) atoms. The minimum atomic E-state index is 0.867. The first-order valence-electron chi connectivity index (χ1n) is 4.67. The van der Waals surface area contributed by atoms with E-state index in [4.69, 9.17) is 0 Å². The summed E-state index contributed by atoms with van der Waals surface area (Å²) in [5.41, 5.74) is 0. The highest BCUT2D eigenvalue weighted by molar-refractivity contribution is 4.73. The Morgan fingerprint density at radius 1 is 1.40 bits per heavy atom. The fourth-order valence-corrected chi connectivity index (χ4v) is 1.64. The number of unbranched alkanes of at least 4 members (excludes halogenated alkanes) is 2. The van der Waals surface area contributed by atoms with E-state index in [0.717, 1.165) is 6.04 Å². The number of hydrogen-bond donors (Lipinski definition) is 1. The third-order valence-electron chi connectivity index (χ3n) is 2.32. The third kappa shape index (κ3) is 2.70. The summed E-state index contributed by atoms with van der Waals surface area (Å²) in [4.78, 5) is 0. The van der Waals surface area contributed by atoms with Crippen LogP contribution in [-0.4, -0.2) is 12.6 Å². The van der Waals surface area contributed by atoms with Gasteiger partial charge < -0.3 is 5.32 Å². The van der Waals surface area contributed by atoms with Gasteiger partial charge in [-0.3, -0.25) is 0 Å². The molecule has 0 aromatic heterocycles. The lowest BCUT2D eigenvalue weighted by atomic mass is 10.1. The van der Waals surface area contributed by atoms with Gasteiger partial charge in [0.25, 0.3) is 0 Å². The van der Waals surface area contributed by atoms with E-state index in [0.29, 0.717) is 0 Å². The molecule has 0 bridgehead atoms. The Bertz CT molecular complexity index is 74.8. The molecule has 0 amide bonds. The van der Waals surface area contributed by atoms with Crippen molar-refractivity contribution in [1.82, 2.24) is 5.32 Å². The Morgan fingerprint density at radius 2 is 2.30 bits per heavy atom. The predicted molar refractivity (Wildman–Crippen MR) is 45.2 cm³/mol. The van der Waals surface area contributed by atoms with Crippen LogP contribution in [0.4, 0.5) is 0 Å². The zero-order valence-corrected chi connectivity index (χ0v) is 7.03. The van der Waals surface area contributed by atoms with E-state index in [9.17, 15) is 0 Å². The lowest BCUT2D eigenvalue weighted by Gasteiger charge is -2.07. The van der Waals surface area contributed by atoms with Crippen molar-refractivity contribution in [3.63, 3.8) is 0 Å². The molecule has 0 aromatic carbocycles. The normalized spacial score (nSPS) is 25.5. The maximum absolute atomic E-state index is 3.52. The van der Waals surface area contributed by atoms with Crippen molar-refractivity contribution >= 4 is 0 Å². The fourth-order valence-electron chi connectivity index (χ4n) is 1.64. The maximum Gasteiger partial charge on any atom is 0.00675 e. The summed E-state index contributed by atoms with van der Waals surface area (Å²) in [7, 11) is 0. The second kappa shape index (κ2) is 4.73. The summed E-state index contributed by atoms with van der Waals surface area (Å²) in [5, 5.41) is 3.52. The van der Waals surface area contributed by atoms with Gasteiger partial charge in [0.2, 0.25) is 0 Å². The standard InChI is InChI=1S/C9H19N/c1-2-3-4-6-9-7-5-8-10-9/h9-10H,2-8H2,1H3/t9-/m1/s1. The second-order valence-corrected chi connectivity index (χ2v) is 3.29. The minimum absolute atomic E-state index is 0.867. The van der Waals surface area contributed by atoms with Crippen molar-refractivity contribution in [2.75, 3.05) is 6.54 Å². The molecule has 0 unspecified atom stereocenters. The number of hydrogen-bond acceptors (Lipinski definition) is 1. The van der Waals surface area contributed by atoms with E-state index in [1.807, 2.05) is 0 Å². The predicted octanol–water partition coefficient (Wildman–Crippen LogP) is 2.32. The van der Waals surface area contributed by atoms with Crippen LogP contribution in [0.2, 0.25) is 0 Å². The van der Waals surface area contributed by atoms with Crippen molar-refractivity contribution in [2.24, 2.45) is 0 Å². The Balaban J connectivity index is 1.91. The van der Waals surface area contributed by atoms with E-state index in [2.05, 4.69) is 12.2 Å². The molecule has 1 atom stereocenters. The largest absolute Gasteiger partial charge is 0.314 e. The Kier molecular flexibility index (Phi) is 3.81. The van der Waals surface area contributed by atoms with Crippen LogP contribution in [0, 0.1) is 0 Å². The molecule has 60 valence electrons. The highest BCUT2D eigenvalue weighted by Gasteiger charge is 2.12. The molecule has 1 fully saturated rings. The van der Waals surface area contributed by atoms with Crippen LogP contribution >= 0.6 is 0 Å². The number of rotatable bonds is 4. The van der Waals surface area contributed by atoms with E-state index in [1.165, 1.54) is 45.1 Å². The molecular formula is C9H19N. The summed E-state index contributed by atoms with van der Waals surface area (Å²) in [5.74, 6) is 0. The first-order valence-corrected chi connectivity index (χ1v) is 4.67. The van der Waals surface area contributed by atoms with Crippen LogP contribution in [0.15, 0.2) is 0 Å². The average molecular weight is 141 g/mol. The minimum Gasteiger partial charge on any atom is -0.314 e. The number of nitrogens with one attached hydrogen (secondary N) is 1.